The van der Waals surface area contributed by atoms with Gasteiger partial charge in [0.25, 0.3) is 5.91 Å². The van der Waals surface area contributed by atoms with Gasteiger partial charge in [-0.2, -0.15) is 4.31 Å². The quantitative estimate of drug-likeness (QED) is 0.686. The number of carbonyl (C=O) groups excluding carboxylic acids is 2. The maximum absolute atomic E-state index is 13.0. The molecule has 1 N–H and O–H groups in total. The van der Waals surface area contributed by atoms with Gasteiger partial charge in [-0.3, -0.25) is 9.69 Å². The Kier molecular flexibility index (Phi) is 5.83. The molecule has 0 aliphatic carbocycles. The molecule has 4 rings (SSSR count). The van der Waals surface area contributed by atoms with Crippen molar-refractivity contribution >= 4 is 22.0 Å². The topological polar surface area (TPSA) is 90.0 Å². The monoisotopic (exact) mass is 442 g/mol. The van der Waals surface area contributed by atoms with E-state index in [4.69, 9.17) is 0 Å². The second-order valence-electron chi connectivity index (χ2n) is 8.05. The third-order valence-electron chi connectivity index (χ3n) is 5.88. The van der Waals surface area contributed by atoms with Crippen LogP contribution in [-0.2, 0) is 26.1 Å². The maximum Gasteiger partial charge on any atom is 0.326 e. The lowest BCUT2D eigenvalue weighted by molar-refractivity contribution is -0.132. The highest BCUT2D eigenvalue weighted by atomic mass is 32.2. The van der Waals surface area contributed by atoms with Gasteiger partial charge in [0, 0.05) is 26.2 Å². The molecule has 0 spiro atoms. The van der Waals surface area contributed by atoms with Crippen LogP contribution in [0.15, 0.2) is 60.7 Å². The Balaban J connectivity index is 1.37. The summed E-state index contributed by atoms with van der Waals surface area (Å²) in [4.78, 5) is 28.7. The predicted molar refractivity (Wildman–Crippen MR) is 116 cm³/mol. The first-order valence-corrected chi connectivity index (χ1v) is 11.8. The molecule has 2 aliphatic heterocycles. The smallest absolute Gasteiger partial charge is 0.319 e. The number of carbonyl (C=O) groups is 2. The van der Waals surface area contributed by atoms with Crippen molar-refractivity contribution in [1.29, 1.82) is 0 Å². The van der Waals surface area contributed by atoms with Crippen molar-refractivity contribution in [3.63, 3.8) is 0 Å². The number of hydrogen-bond acceptors (Lipinski definition) is 5. The number of piperazine rings is 1. The Labute approximate surface area is 182 Å². The second kappa shape index (κ2) is 8.41. The van der Waals surface area contributed by atoms with Crippen molar-refractivity contribution < 1.29 is 18.0 Å². The zero-order valence-electron chi connectivity index (χ0n) is 17.4. The Morgan fingerprint density at radius 1 is 0.903 bits per heavy atom. The third-order valence-corrected chi connectivity index (χ3v) is 7.73. The number of rotatable bonds is 6. The summed E-state index contributed by atoms with van der Waals surface area (Å²) in [5.41, 5.74) is 0.385. The normalized spacial score (nSPS) is 23.2. The van der Waals surface area contributed by atoms with Gasteiger partial charge in [-0.1, -0.05) is 60.7 Å². The number of urea groups is 1. The van der Waals surface area contributed by atoms with Gasteiger partial charge in [-0.15, -0.1) is 0 Å². The van der Waals surface area contributed by atoms with Crippen LogP contribution in [0.3, 0.4) is 0 Å². The molecule has 8 nitrogen and oxygen atoms in total. The molecule has 2 heterocycles. The van der Waals surface area contributed by atoms with E-state index in [9.17, 15) is 18.0 Å². The van der Waals surface area contributed by atoms with Gasteiger partial charge in [-0.05, 0) is 18.1 Å². The highest BCUT2D eigenvalue weighted by molar-refractivity contribution is 7.88. The van der Waals surface area contributed by atoms with Gasteiger partial charge >= 0.3 is 6.03 Å². The van der Waals surface area contributed by atoms with E-state index in [1.165, 1.54) is 9.21 Å². The number of sulfonamides is 1. The molecule has 164 valence electrons. The standard InChI is InChI=1S/C22H26N4O4S/c1-22(19-10-6-3-7-11-19)20(27)26(21(28)23-22)17-24-12-14-25(15-13-24)31(29,30)16-18-8-4-2-5-9-18/h2-11H,12-17H2,1H3,(H,23,28). The number of benzene rings is 2. The number of imide groups is 1. The minimum absolute atomic E-state index is 0.0315. The summed E-state index contributed by atoms with van der Waals surface area (Å²) in [5, 5.41) is 2.80. The average molecular weight is 443 g/mol. The van der Waals surface area contributed by atoms with E-state index in [1.54, 1.807) is 19.1 Å². The zero-order chi connectivity index (χ0) is 22.1. The van der Waals surface area contributed by atoms with Crippen LogP contribution < -0.4 is 5.32 Å². The van der Waals surface area contributed by atoms with Gasteiger partial charge < -0.3 is 5.32 Å². The average Bonchev–Trinajstić information content (AvgIpc) is 2.99. The lowest BCUT2D eigenvalue weighted by Crippen LogP contribution is -2.53. The molecule has 2 aromatic carbocycles. The summed E-state index contributed by atoms with van der Waals surface area (Å²) in [6, 6.07) is 17.8. The molecule has 2 saturated heterocycles. The van der Waals surface area contributed by atoms with Gasteiger partial charge in [0.05, 0.1) is 12.4 Å². The first-order chi connectivity index (χ1) is 14.8. The van der Waals surface area contributed by atoms with E-state index in [0.29, 0.717) is 26.2 Å². The first-order valence-electron chi connectivity index (χ1n) is 10.2. The minimum Gasteiger partial charge on any atom is -0.319 e. The fourth-order valence-electron chi connectivity index (χ4n) is 4.02. The fourth-order valence-corrected chi connectivity index (χ4v) is 5.53. The van der Waals surface area contributed by atoms with Crippen LogP contribution in [-0.4, -0.2) is 67.3 Å². The summed E-state index contributed by atoms with van der Waals surface area (Å²) in [7, 11) is -3.42. The second-order valence-corrected chi connectivity index (χ2v) is 10.0. The molecule has 1 atom stereocenters. The molecule has 3 amide bonds. The van der Waals surface area contributed by atoms with Crippen LogP contribution in [0, 0.1) is 0 Å². The highest BCUT2D eigenvalue weighted by Crippen LogP contribution is 2.29. The van der Waals surface area contributed by atoms with Crippen LogP contribution in [0.1, 0.15) is 18.1 Å². The number of hydrogen-bond donors (Lipinski definition) is 1. The zero-order valence-corrected chi connectivity index (χ0v) is 18.2. The first kappa shape index (κ1) is 21.5. The van der Waals surface area contributed by atoms with Crippen LogP contribution in [0.2, 0.25) is 0 Å². The van der Waals surface area contributed by atoms with E-state index in [2.05, 4.69) is 5.32 Å². The van der Waals surface area contributed by atoms with E-state index in [0.717, 1.165) is 11.1 Å². The van der Waals surface area contributed by atoms with Crippen LogP contribution in [0.5, 0.6) is 0 Å². The van der Waals surface area contributed by atoms with Crippen molar-refractivity contribution in [3.05, 3.63) is 71.8 Å². The van der Waals surface area contributed by atoms with Crippen molar-refractivity contribution in [2.75, 3.05) is 32.8 Å². The number of nitrogens with one attached hydrogen (secondary N) is 1. The minimum atomic E-state index is -3.42. The molecule has 2 aliphatic rings. The van der Waals surface area contributed by atoms with Crippen LogP contribution in [0.4, 0.5) is 4.79 Å². The van der Waals surface area contributed by atoms with Gasteiger partial charge in [0.1, 0.15) is 5.54 Å². The Bertz CT molecular complexity index is 1050. The molecule has 0 radical (unpaired) electrons. The van der Waals surface area contributed by atoms with E-state index >= 15 is 0 Å². The molecule has 0 bridgehead atoms. The predicted octanol–water partition coefficient (Wildman–Crippen LogP) is 1.56. The van der Waals surface area contributed by atoms with Crippen molar-refractivity contribution in [2.45, 2.75) is 18.2 Å². The summed E-state index contributed by atoms with van der Waals surface area (Å²) < 4.78 is 26.9. The number of nitrogens with zero attached hydrogens (tertiary/aromatic N) is 3. The molecule has 0 saturated carbocycles. The van der Waals surface area contributed by atoms with Gasteiger partial charge in [0.15, 0.2) is 0 Å². The summed E-state index contributed by atoms with van der Waals surface area (Å²) in [5.74, 6) is -0.334. The van der Waals surface area contributed by atoms with E-state index < -0.39 is 21.6 Å². The molecule has 1 unspecified atom stereocenters. The van der Waals surface area contributed by atoms with Gasteiger partial charge in [-0.25, -0.2) is 18.1 Å². The van der Waals surface area contributed by atoms with Gasteiger partial charge in [0.2, 0.25) is 10.0 Å². The Morgan fingerprint density at radius 2 is 1.48 bits per heavy atom. The molecule has 2 fully saturated rings. The molecule has 9 heteroatoms. The molecule has 31 heavy (non-hydrogen) atoms. The third kappa shape index (κ3) is 4.34. The van der Waals surface area contributed by atoms with Crippen LogP contribution in [0.25, 0.3) is 0 Å². The maximum atomic E-state index is 13.0. The van der Waals surface area contributed by atoms with Crippen molar-refractivity contribution in [1.82, 2.24) is 19.4 Å². The Hall–Kier alpha value is -2.75. The summed E-state index contributed by atoms with van der Waals surface area (Å²) in [6.07, 6.45) is 0. The van der Waals surface area contributed by atoms with Crippen molar-refractivity contribution in [3.8, 4) is 0 Å². The number of amides is 3. The largest absolute Gasteiger partial charge is 0.326 e. The highest BCUT2D eigenvalue weighted by Gasteiger charge is 2.49. The lowest BCUT2D eigenvalue weighted by Gasteiger charge is -2.35. The molecule has 0 aromatic heterocycles. The fraction of sp³-hybridized carbons (Fsp3) is 0.364. The lowest BCUT2D eigenvalue weighted by atomic mass is 9.92. The summed E-state index contributed by atoms with van der Waals surface area (Å²) in [6.45, 7) is 3.40. The van der Waals surface area contributed by atoms with E-state index in [1.807, 2.05) is 53.4 Å². The van der Waals surface area contributed by atoms with Crippen molar-refractivity contribution in [2.24, 2.45) is 0 Å². The Morgan fingerprint density at radius 3 is 2.10 bits per heavy atom. The summed E-state index contributed by atoms with van der Waals surface area (Å²) >= 11 is 0. The molecule has 2 aromatic rings. The SMILES string of the molecule is CC1(c2ccccc2)NC(=O)N(CN2CCN(S(=O)(=O)Cc3ccccc3)CC2)C1=O. The van der Waals surface area contributed by atoms with Crippen LogP contribution >= 0.6 is 0 Å². The van der Waals surface area contributed by atoms with E-state index in [-0.39, 0.29) is 18.3 Å². The molecular weight excluding hydrogens is 416 g/mol. The molecular formula is C22H26N4O4S.